The third-order valence-corrected chi connectivity index (χ3v) is 5.66. The lowest BCUT2D eigenvalue weighted by molar-refractivity contribution is -0.135. The summed E-state index contributed by atoms with van der Waals surface area (Å²) in [5.74, 6) is -0.960. The first-order chi connectivity index (χ1) is 13.0. The van der Waals surface area contributed by atoms with E-state index >= 15 is 0 Å². The highest BCUT2D eigenvalue weighted by atomic mass is 32.1. The van der Waals surface area contributed by atoms with Gasteiger partial charge in [-0.15, -0.1) is 11.3 Å². The predicted molar refractivity (Wildman–Crippen MR) is 101 cm³/mol. The Bertz CT molecular complexity index is 1100. The lowest BCUT2D eigenvalue weighted by Crippen LogP contribution is -2.38. The number of carbonyl (C=O) groups is 2. The average molecular weight is 383 g/mol. The number of aryl methyl sites for hydroxylation is 1. The van der Waals surface area contributed by atoms with E-state index in [0.29, 0.717) is 23.9 Å². The molecule has 0 unspecified atom stereocenters. The lowest BCUT2D eigenvalue weighted by Gasteiger charge is -2.26. The van der Waals surface area contributed by atoms with Crippen molar-refractivity contribution in [2.75, 3.05) is 13.2 Å². The van der Waals surface area contributed by atoms with Crippen LogP contribution in [0.25, 0.3) is 10.8 Å². The number of thiophene rings is 1. The molecule has 0 spiro atoms. The van der Waals surface area contributed by atoms with Crippen LogP contribution in [0.2, 0.25) is 0 Å². The summed E-state index contributed by atoms with van der Waals surface area (Å²) >= 11 is 1.70. The molecule has 0 fully saturated rings. The smallest absolute Gasteiger partial charge is 0.359 e. The molecule has 1 amide bonds. The Morgan fingerprint density at radius 2 is 2.00 bits per heavy atom. The van der Waals surface area contributed by atoms with Gasteiger partial charge in [0.15, 0.2) is 12.3 Å². The topological polar surface area (TPSA) is 81.5 Å². The average Bonchev–Trinajstić information content (AvgIpc) is 3.16. The fourth-order valence-corrected chi connectivity index (χ4v) is 4.09. The van der Waals surface area contributed by atoms with Crippen LogP contribution in [0.4, 0.5) is 0 Å². The van der Waals surface area contributed by atoms with Gasteiger partial charge in [0.1, 0.15) is 0 Å². The summed E-state index contributed by atoms with van der Waals surface area (Å²) in [5, 5.41) is 6.84. The van der Waals surface area contributed by atoms with Crippen LogP contribution in [0.1, 0.15) is 20.9 Å². The summed E-state index contributed by atoms with van der Waals surface area (Å²) in [7, 11) is 1.48. The SMILES string of the molecule is Cn1nc(C(=O)OCC(=O)N2CCc3sccc3C2)c2ccccc2c1=O. The second kappa shape index (κ2) is 6.96. The molecule has 0 N–H and O–H groups in total. The molecule has 3 heterocycles. The number of esters is 1. The maximum Gasteiger partial charge on any atom is 0.359 e. The molecular weight excluding hydrogens is 366 g/mol. The molecule has 1 aromatic carbocycles. The second-order valence-electron chi connectivity index (χ2n) is 6.33. The lowest BCUT2D eigenvalue weighted by atomic mass is 10.1. The molecule has 0 bridgehead atoms. The molecule has 1 aliphatic rings. The molecule has 7 nitrogen and oxygen atoms in total. The molecule has 3 aromatic rings. The quantitative estimate of drug-likeness (QED) is 0.644. The maximum absolute atomic E-state index is 12.5. The Balaban J connectivity index is 1.49. The Hall–Kier alpha value is -3.00. The van der Waals surface area contributed by atoms with Crippen LogP contribution >= 0.6 is 11.3 Å². The van der Waals surface area contributed by atoms with Crippen molar-refractivity contribution in [2.24, 2.45) is 7.05 Å². The molecule has 8 heteroatoms. The van der Waals surface area contributed by atoms with E-state index in [4.69, 9.17) is 4.74 Å². The highest BCUT2D eigenvalue weighted by Gasteiger charge is 2.23. The molecule has 27 heavy (non-hydrogen) atoms. The van der Waals surface area contributed by atoms with Crippen molar-refractivity contribution < 1.29 is 14.3 Å². The van der Waals surface area contributed by atoms with Crippen LogP contribution in [-0.4, -0.2) is 39.7 Å². The molecule has 1 aliphatic heterocycles. The van der Waals surface area contributed by atoms with Crippen molar-refractivity contribution in [1.82, 2.24) is 14.7 Å². The van der Waals surface area contributed by atoms with Crippen LogP contribution in [0.3, 0.4) is 0 Å². The van der Waals surface area contributed by atoms with Gasteiger partial charge in [0, 0.05) is 30.4 Å². The van der Waals surface area contributed by atoms with Crippen LogP contribution < -0.4 is 5.56 Å². The third-order valence-electron chi connectivity index (χ3n) is 4.64. The number of benzene rings is 1. The fourth-order valence-electron chi connectivity index (χ4n) is 3.20. The predicted octanol–water partition coefficient (Wildman–Crippen LogP) is 1.74. The zero-order valence-electron chi connectivity index (χ0n) is 14.7. The minimum atomic E-state index is -0.719. The first-order valence-corrected chi connectivity index (χ1v) is 9.39. The van der Waals surface area contributed by atoms with Crippen molar-refractivity contribution in [3.05, 3.63) is 62.2 Å². The largest absolute Gasteiger partial charge is 0.451 e. The van der Waals surface area contributed by atoms with Crippen LogP contribution in [0, 0.1) is 0 Å². The van der Waals surface area contributed by atoms with E-state index in [0.717, 1.165) is 16.7 Å². The molecular formula is C19H17N3O4S. The Morgan fingerprint density at radius 1 is 1.22 bits per heavy atom. The summed E-state index contributed by atoms with van der Waals surface area (Å²) in [6.07, 6.45) is 0.819. The van der Waals surface area contributed by atoms with Crippen molar-refractivity contribution in [3.63, 3.8) is 0 Å². The van der Waals surface area contributed by atoms with Crippen molar-refractivity contribution in [1.29, 1.82) is 0 Å². The molecule has 0 radical (unpaired) electrons. The number of ether oxygens (including phenoxy) is 1. The Morgan fingerprint density at radius 3 is 2.81 bits per heavy atom. The van der Waals surface area contributed by atoms with Crippen molar-refractivity contribution >= 4 is 34.0 Å². The summed E-state index contributed by atoms with van der Waals surface area (Å²) in [4.78, 5) is 40.1. The number of hydrogen-bond donors (Lipinski definition) is 0. The molecule has 138 valence electrons. The second-order valence-corrected chi connectivity index (χ2v) is 7.33. The zero-order chi connectivity index (χ0) is 19.0. The van der Waals surface area contributed by atoms with Gasteiger partial charge in [0.25, 0.3) is 11.5 Å². The summed E-state index contributed by atoms with van der Waals surface area (Å²) in [6, 6.07) is 8.74. The Kier molecular flexibility index (Phi) is 4.49. The van der Waals surface area contributed by atoms with Crippen molar-refractivity contribution in [3.8, 4) is 0 Å². The normalized spacial score (nSPS) is 13.4. The monoisotopic (exact) mass is 383 g/mol. The standard InChI is InChI=1S/C19H17N3O4S/c1-21-18(24)14-5-3-2-4-13(14)17(20-21)19(25)26-11-16(23)22-8-6-15-12(10-22)7-9-27-15/h2-5,7,9H,6,8,10-11H2,1H3. The van der Waals surface area contributed by atoms with E-state index in [1.54, 1.807) is 40.5 Å². The first-order valence-electron chi connectivity index (χ1n) is 8.51. The molecule has 2 aromatic heterocycles. The minimum absolute atomic E-state index is 0.0271. The van der Waals surface area contributed by atoms with Gasteiger partial charge in [-0.25, -0.2) is 9.48 Å². The number of amides is 1. The summed E-state index contributed by atoms with van der Waals surface area (Å²) < 4.78 is 6.31. The number of fused-ring (bicyclic) bond motifs is 2. The summed E-state index contributed by atoms with van der Waals surface area (Å²) in [5.41, 5.74) is 0.883. The molecule has 0 aliphatic carbocycles. The molecule has 0 saturated carbocycles. The van der Waals surface area contributed by atoms with Crippen LogP contribution in [0.15, 0.2) is 40.5 Å². The van der Waals surface area contributed by atoms with E-state index in [1.807, 2.05) is 11.4 Å². The fraction of sp³-hybridized carbons (Fsp3) is 0.263. The Labute approximate surface area is 158 Å². The number of aromatic nitrogens is 2. The molecule has 0 saturated heterocycles. The highest BCUT2D eigenvalue weighted by molar-refractivity contribution is 7.10. The van der Waals surface area contributed by atoms with E-state index in [9.17, 15) is 14.4 Å². The maximum atomic E-state index is 12.5. The van der Waals surface area contributed by atoms with Crippen LogP contribution in [-0.2, 0) is 29.5 Å². The minimum Gasteiger partial charge on any atom is -0.451 e. The molecule has 0 atom stereocenters. The van der Waals surface area contributed by atoms with E-state index in [2.05, 4.69) is 5.10 Å². The van der Waals surface area contributed by atoms with Gasteiger partial charge < -0.3 is 9.64 Å². The van der Waals surface area contributed by atoms with E-state index < -0.39 is 5.97 Å². The summed E-state index contributed by atoms with van der Waals surface area (Å²) in [6.45, 7) is 0.804. The number of carbonyl (C=O) groups excluding carboxylic acids is 2. The van der Waals surface area contributed by atoms with Gasteiger partial charge in [-0.1, -0.05) is 18.2 Å². The number of hydrogen-bond acceptors (Lipinski definition) is 6. The van der Waals surface area contributed by atoms with E-state index in [1.165, 1.54) is 11.9 Å². The van der Waals surface area contributed by atoms with Gasteiger partial charge in [0.05, 0.1) is 5.39 Å². The highest BCUT2D eigenvalue weighted by Crippen LogP contribution is 2.24. The zero-order valence-corrected chi connectivity index (χ0v) is 15.5. The van der Waals surface area contributed by atoms with Gasteiger partial charge in [-0.3, -0.25) is 9.59 Å². The van der Waals surface area contributed by atoms with Gasteiger partial charge in [-0.05, 0) is 29.5 Å². The first kappa shape index (κ1) is 17.4. The van der Waals surface area contributed by atoms with E-state index in [-0.39, 0.29) is 23.8 Å². The van der Waals surface area contributed by atoms with Gasteiger partial charge >= 0.3 is 5.97 Å². The van der Waals surface area contributed by atoms with Gasteiger partial charge in [-0.2, -0.15) is 5.10 Å². The number of nitrogens with zero attached hydrogens (tertiary/aromatic N) is 3. The third kappa shape index (κ3) is 3.23. The van der Waals surface area contributed by atoms with Crippen LogP contribution in [0.5, 0.6) is 0 Å². The van der Waals surface area contributed by atoms with Crippen molar-refractivity contribution in [2.45, 2.75) is 13.0 Å². The van der Waals surface area contributed by atoms with Gasteiger partial charge in [0.2, 0.25) is 0 Å². The molecule has 4 rings (SSSR count). The number of rotatable bonds is 3.